The van der Waals surface area contributed by atoms with Gasteiger partial charge in [0.25, 0.3) is 11.8 Å². The summed E-state index contributed by atoms with van der Waals surface area (Å²) in [6, 6.07) is 35.5. The van der Waals surface area contributed by atoms with Gasteiger partial charge in [-0.05, 0) is 248 Å². The highest BCUT2D eigenvalue weighted by Crippen LogP contribution is 2.42. The number of thiazole rings is 2. The summed E-state index contributed by atoms with van der Waals surface area (Å²) in [5, 5.41) is 12.4. The summed E-state index contributed by atoms with van der Waals surface area (Å²) >= 11 is 14.7. The van der Waals surface area contributed by atoms with Crippen molar-refractivity contribution >= 4 is 139 Å². The van der Waals surface area contributed by atoms with Crippen molar-refractivity contribution in [1.29, 1.82) is 0 Å². The standard InChI is InChI=1S/C51H62FN7O7S2.C51H63N7O7S2/c1-32-25-41(46(61)54-28-35-13-15-36(16-14-35)44-34(3)55-31-68-44)57(29-32)47(62)45(50(4,5)6)56-43(60)30-65-23-12-22-64-21-10-11-24-66-42-20-18-38(27-39(42)52)59-49(67)58(48(63)51(59,7)8)37-17-19-40(53-9)33(2)26-37;1-33-27-42(46(60)53-29-36-13-15-37(16-14-36)44-35(3)54-32-67-44)56(30-33)47(61)45(50(4,5)6)55-43(59)31-64-25-12-24-63-23-10-11-26-65-40-20-17-38(18-21-40)58-49(66)57(48(62)51(58,7)8)39-19-22-41(52-9)34(2)28-39/h13-20,26-27,31-32,41,45H,10-12,21-25,28-30H2,1-8H3,(H,54,61)(H,56,60);13-22,28,32-33,42,45H,10-12,23-27,29-31H2,1-8H3,(H,53,60)(H,55,59)/t32-,41+,45-;33-,42+,45-/m11/s1. The number of rotatable bonds is 40. The van der Waals surface area contributed by atoms with E-state index < -0.39 is 63.7 Å². The number of nitrogens with zero attached hydrogens (tertiary/aromatic N) is 10. The molecular formula is C102H125FN14O14S4. The molecule has 4 aliphatic heterocycles. The van der Waals surface area contributed by atoms with Gasteiger partial charge >= 0.3 is 0 Å². The Labute approximate surface area is 810 Å². The lowest BCUT2D eigenvalue weighted by molar-refractivity contribution is -0.144. The SMILES string of the molecule is [C-]#[N+]c1ccc(N2C(=O)C(C)(C)N(c3ccc(OCCCCOCCCOCC(=O)N[C@H](C(=O)N4C[C@H](C)C[C@H]4C(=O)NCc4ccc(-c5scnc5C)cc4)C(C)(C)C)c(F)c3)C2=S)cc1C.[C-]#[N+]c1ccc(N2C(=O)C(C)(C)N(c3ccc(OCCCCOCCCOCC(=O)N[C@H](C(=O)N4C[C@H](C)C[C@H]4C(=O)NCc4ccc(-c5scnc5C)cc4)C(C)(C)C)cc3)C2=S)cc1C. The van der Waals surface area contributed by atoms with Crippen LogP contribution in [0.4, 0.5) is 38.5 Å². The van der Waals surface area contributed by atoms with Crippen LogP contribution in [0.25, 0.3) is 30.6 Å². The molecule has 0 bridgehead atoms. The molecule has 8 amide bonds. The van der Waals surface area contributed by atoms with E-state index in [0.717, 1.165) is 73.1 Å². The first-order valence-corrected chi connectivity index (χ1v) is 48.3. The molecule has 718 valence electrons. The summed E-state index contributed by atoms with van der Waals surface area (Å²) in [7, 11) is 0. The lowest BCUT2D eigenvalue weighted by Gasteiger charge is -2.35. The molecule has 6 atom stereocenters. The third-order valence-corrected chi connectivity index (χ3v) is 26.8. The highest BCUT2D eigenvalue weighted by molar-refractivity contribution is 7.81. The van der Waals surface area contributed by atoms with E-state index in [1.54, 1.807) is 94.5 Å². The monoisotopic (exact) mass is 1920 g/mol. The maximum Gasteiger partial charge on any atom is 0.259 e. The van der Waals surface area contributed by atoms with Crippen LogP contribution in [0.3, 0.4) is 0 Å². The number of ether oxygens (including phenoxy) is 6. The largest absolute Gasteiger partial charge is 0.494 e. The Morgan fingerprint density at radius 3 is 1.27 bits per heavy atom. The number of amides is 8. The summed E-state index contributed by atoms with van der Waals surface area (Å²) in [5.41, 5.74) is 11.3. The molecule has 4 saturated heterocycles. The average molecular weight is 1920 g/mol. The Morgan fingerprint density at radius 2 is 0.881 bits per heavy atom. The zero-order chi connectivity index (χ0) is 97.8. The molecule has 33 heteroatoms. The summed E-state index contributed by atoms with van der Waals surface area (Å²) < 4.78 is 49.8. The third-order valence-electron chi connectivity index (χ3n) is 24.1. The first-order valence-electron chi connectivity index (χ1n) is 45.8. The second-order valence-corrected chi connectivity index (χ2v) is 40.3. The third kappa shape index (κ3) is 26.4. The predicted octanol–water partition coefficient (Wildman–Crippen LogP) is 17.3. The molecule has 0 saturated carbocycles. The minimum atomic E-state index is -1.09. The van der Waals surface area contributed by atoms with E-state index in [-0.39, 0.29) is 84.6 Å². The van der Waals surface area contributed by atoms with E-state index in [2.05, 4.69) is 40.9 Å². The second-order valence-electron chi connectivity index (χ2n) is 37.8. The first-order chi connectivity index (χ1) is 64.2. The molecule has 0 spiro atoms. The van der Waals surface area contributed by atoms with Crippen LogP contribution in [0.5, 0.6) is 11.5 Å². The molecule has 4 aliphatic rings. The molecular weight excluding hydrogens is 1790 g/mol. The number of thiocarbonyl (C=S) groups is 2. The Hall–Kier alpha value is -11.5. The van der Waals surface area contributed by atoms with Crippen LogP contribution < -0.4 is 50.3 Å². The molecule has 0 radical (unpaired) electrons. The number of unbranched alkanes of at least 4 members (excludes halogenated alkanes) is 2. The maximum atomic E-state index is 15.3. The number of hydrogen-bond acceptors (Lipinski definition) is 20. The minimum Gasteiger partial charge on any atom is -0.494 e. The van der Waals surface area contributed by atoms with E-state index in [0.29, 0.717) is 144 Å². The van der Waals surface area contributed by atoms with Gasteiger partial charge in [0.15, 0.2) is 33.2 Å². The Bertz CT molecular complexity index is 5650. The number of aryl methyl sites for hydroxylation is 4. The summed E-state index contributed by atoms with van der Waals surface area (Å²) in [6.45, 7) is 49.2. The molecule has 6 heterocycles. The number of carbonyl (C=O) groups excluding carboxylic acids is 8. The zero-order valence-electron chi connectivity index (χ0n) is 80.0. The molecule has 0 unspecified atom stereocenters. The van der Waals surface area contributed by atoms with Crippen molar-refractivity contribution in [2.45, 2.75) is 210 Å². The summed E-state index contributed by atoms with van der Waals surface area (Å²) in [5.74, 6) is -1.77. The number of likely N-dealkylation sites (tertiary alicyclic amines) is 2. The van der Waals surface area contributed by atoms with E-state index in [1.807, 2.05) is 185 Å². The van der Waals surface area contributed by atoms with Crippen LogP contribution in [0.2, 0.25) is 0 Å². The van der Waals surface area contributed by atoms with Crippen molar-refractivity contribution < 1.29 is 71.2 Å². The van der Waals surface area contributed by atoms with Crippen molar-refractivity contribution in [3.63, 3.8) is 0 Å². The van der Waals surface area contributed by atoms with Crippen LogP contribution >= 0.6 is 47.1 Å². The van der Waals surface area contributed by atoms with E-state index in [4.69, 9.17) is 66.0 Å². The number of anilines is 4. The molecule has 0 aliphatic carbocycles. The first kappa shape index (κ1) is 104. The van der Waals surface area contributed by atoms with Gasteiger partial charge in [0.05, 0.1) is 58.5 Å². The molecule has 4 fully saturated rings. The van der Waals surface area contributed by atoms with E-state index in [1.165, 1.54) is 21.9 Å². The predicted molar refractivity (Wildman–Crippen MR) is 533 cm³/mol. The van der Waals surface area contributed by atoms with Gasteiger partial charge in [-0.25, -0.2) is 24.0 Å². The fourth-order valence-corrected chi connectivity index (χ4v) is 19.3. The number of benzene rings is 6. The molecule has 4 N–H and O–H groups in total. The lowest BCUT2D eigenvalue weighted by Crippen LogP contribution is -2.58. The van der Waals surface area contributed by atoms with Gasteiger partial charge in [-0.15, -0.1) is 22.7 Å². The molecule has 2 aromatic heterocycles. The summed E-state index contributed by atoms with van der Waals surface area (Å²) in [4.78, 5) is 136. The number of halogens is 1. The molecule has 6 aromatic carbocycles. The Morgan fingerprint density at radius 1 is 0.504 bits per heavy atom. The number of carbonyl (C=O) groups is 8. The topological polar surface area (TPSA) is 294 Å². The van der Waals surface area contributed by atoms with Gasteiger partial charge in [0.1, 0.15) is 54.2 Å². The van der Waals surface area contributed by atoms with Crippen molar-refractivity contribution in [3.05, 3.63) is 201 Å². The van der Waals surface area contributed by atoms with Crippen LogP contribution in [-0.4, -0.2) is 192 Å². The van der Waals surface area contributed by atoms with Gasteiger partial charge < -0.3 is 69.3 Å². The number of aromatic nitrogens is 2. The quantitative estimate of drug-likeness (QED) is 0.0158. The Balaban J connectivity index is 0.000000260. The number of nitrogens with one attached hydrogen (secondary N) is 4. The van der Waals surface area contributed by atoms with Crippen LogP contribution in [-0.2, 0) is 70.4 Å². The summed E-state index contributed by atoms with van der Waals surface area (Å²) in [6.07, 6.45) is 5.11. The average Bonchev–Trinajstić information content (AvgIpc) is 1.59. The minimum absolute atomic E-state index is 0.0832. The van der Waals surface area contributed by atoms with Gasteiger partial charge in [-0.2, -0.15) is 0 Å². The maximum absolute atomic E-state index is 15.3. The van der Waals surface area contributed by atoms with Crippen molar-refractivity contribution in [1.82, 2.24) is 41.0 Å². The smallest absolute Gasteiger partial charge is 0.259 e. The van der Waals surface area contributed by atoms with Crippen LogP contribution in [0, 0.1) is 69.3 Å². The van der Waals surface area contributed by atoms with E-state index >= 15 is 4.39 Å². The normalized spacial score (nSPS) is 17.4. The lowest BCUT2D eigenvalue weighted by atomic mass is 9.85. The van der Waals surface area contributed by atoms with Crippen molar-refractivity contribution in [2.75, 3.05) is 98.8 Å². The number of hydrogen-bond donors (Lipinski definition) is 4. The highest BCUT2D eigenvalue weighted by Gasteiger charge is 2.53. The van der Waals surface area contributed by atoms with Gasteiger partial charge in [-0.1, -0.05) is 116 Å². The highest BCUT2D eigenvalue weighted by atomic mass is 32.1. The van der Waals surface area contributed by atoms with Gasteiger partial charge in [0.2, 0.25) is 35.4 Å². The van der Waals surface area contributed by atoms with E-state index in [9.17, 15) is 38.4 Å². The zero-order valence-corrected chi connectivity index (χ0v) is 83.3. The second kappa shape index (κ2) is 46.8. The van der Waals surface area contributed by atoms with Gasteiger partial charge in [-0.3, -0.25) is 48.2 Å². The molecule has 28 nitrogen and oxygen atoms in total. The van der Waals surface area contributed by atoms with Gasteiger partial charge in [0, 0.05) is 94.6 Å². The Kier molecular flexibility index (Phi) is 36.0. The van der Waals surface area contributed by atoms with Crippen molar-refractivity contribution in [3.8, 4) is 32.4 Å². The van der Waals surface area contributed by atoms with Crippen LogP contribution in [0.15, 0.2) is 138 Å². The fourth-order valence-electron chi connectivity index (χ4n) is 16.6. The molecule has 8 aromatic rings. The molecule has 12 rings (SSSR count). The van der Waals surface area contributed by atoms with Crippen molar-refractivity contribution in [2.24, 2.45) is 22.7 Å². The molecule has 135 heavy (non-hydrogen) atoms. The van der Waals surface area contributed by atoms with Crippen LogP contribution in [0.1, 0.15) is 168 Å². The fraction of sp³-hybridized carbons (Fsp3) is 0.471.